The van der Waals surface area contributed by atoms with Gasteiger partial charge in [0.1, 0.15) is 0 Å². The number of amides is 1. The topological polar surface area (TPSA) is 106 Å². The SMILES string of the molecule is CCCN(C(=O)c1nnn(-c2cccc([N+](=O)[O-])c2)c1C)C1CCNC1. The lowest BCUT2D eigenvalue weighted by atomic mass is 10.1. The highest BCUT2D eigenvalue weighted by molar-refractivity contribution is 5.93. The van der Waals surface area contributed by atoms with Crippen molar-refractivity contribution < 1.29 is 9.72 Å². The Labute approximate surface area is 151 Å². The number of carbonyl (C=O) groups is 1. The highest BCUT2D eigenvalue weighted by atomic mass is 16.6. The molecule has 3 rings (SSSR count). The molecule has 1 N–H and O–H groups in total. The zero-order chi connectivity index (χ0) is 18.7. The van der Waals surface area contributed by atoms with E-state index in [1.807, 2.05) is 11.8 Å². The summed E-state index contributed by atoms with van der Waals surface area (Å²) in [5.41, 5.74) is 1.34. The molecule has 0 spiro atoms. The number of nitro benzene ring substituents is 1. The summed E-state index contributed by atoms with van der Waals surface area (Å²) in [6, 6.07) is 6.28. The van der Waals surface area contributed by atoms with E-state index in [9.17, 15) is 14.9 Å². The van der Waals surface area contributed by atoms with Crippen molar-refractivity contribution in [2.24, 2.45) is 0 Å². The second-order valence-electron chi connectivity index (χ2n) is 6.36. The summed E-state index contributed by atoms with van der Waals surface area (Å²) in [6.07, 6.45) is 1.78. The van der Waals surface area contributed by atoms with Crippen LogP contribution in [0.5, 0.6) is 0 Å². The van der Waals surface area contributed by atoms with E-state index in [0.717, 1.165) is 25.9 Å². The van der Waals surface area contributed by atoms with Crippen molar-refractivity contribution in [2.45, 2.75) is 32.7 Å². The number of non-ortho nitro benzene ring substituents is 1. The number of nitro groups is 1. The van der Waals surface area contributed by atoms with Crippen LogP contribution >= 0.6 is 0 Å². The maximum atomic E-state index is 13.0. The molecule has 1 fully saturated rings. The van der Waals surface area contributed by atoms with E-state index in [0.29, 0.717) is 17.9 Å². The van der Waals surface area contributed by atoms with Gasteiger partial charge in [-0.1, -0.05) is 18.2 Å². The minimum absolute atomic E-state index is 0.0325. The van der Waals surface area contributed by atoms with Crippen molar-refractivity contribution in [1.82, 2.24) is 25.2 Å². The zero-order valence-corrected chi connectivity index (χ0v) is 14.9. The van der Waals surface area contributed by atoms with E-state index in [4.69, 9.17) is 0 Å². The maximum Gasteiger partial charge on any atom is 0.276 e. The Morgan fingerprint density at radius 1 is 1.50 bits per heavy atom. The fourth-order valence-electron chi connectivity index (χ4n) is 3.24. The molecule has 2 heterocycles. The van der Waals surface area contributed by atoms with Gasteiger partial charge in [0.05, 0.1) is 16.3 Å². The number of nitrogens with one attached hydrogen (secondary N) is 1. The lowest BCUT2D eigenvalue weighted by Gasteiger charge is -2.27. The number of benzene rings is 1. The van der Waals surface area contributed by atoms with Crippen LogP contribution in [0.25, 0.3) is 5.69 Å². The number of hydrogen-bond acceptors (Lipinski definition) is 6. The molecule has 138 valence electrons. The molecule has 0 saturated carbocycles. The summed E-state index contributed by atoms with van der Waals surface area (Å²) in [7, 11) is 0. The Morgan fingerprint density at radius 3 is 2.96 bits per heavy atom. The lowest BCUT2D eigenvalue weighted by molar-refractivity contribution is -0.384. The van der Waals surface area contributed by atoms with Crippen LogP contribution in [0, 0.1) is 17.0 Å². The van der Waals surface area contributed by atoms with Crippen LogP contribution in [0.2, 0.25) is 0 Å². The molecular weight excluding hydrogens is 336 g/mol. The smallest absolute Gasteiger partial charge is 0.276 e. The van der Waals surface area contributed by atoms with Gasteiger partial charge < -0.3 is 10.2 Å². The molecule has 1 aliphatic heterocycles. The summed E-state index contributed by atoms with van der Waals surface area (Å²) < 4.78 is 1.47. The fourth-order valence-corrected chi connectivity index (χ4v) is 3.24. The third-order valence-corrected chi connectivity index (χ3v) is 4.58. The molecule has 1 aliphatic rings. The van der Waals surface area contributed by atoms with Gasteiger partial charge in [0.15, 0.2) is 5.69 Å². The van der Waals surface area contributed by atoms with Gasteiger partial charge in [0, 0.05) is 31.3 Å². The van der Waals surface area contributed by atoms with Gasteiger partial charge in [-0.2, -0.15) is 0 Å². The Kier molecular flexibility index (Phi) is 5.27. The molecule has 26 heavy (non-hydrogen) atoms. The van der Waals surface area contributed by atoms with Crippen molar-refractivity contribution >= 4 is 11.6 Å². The molecular formula is C17H22N6O3. The molecule has 9 heteroatoms. The fraction of sp³-hybridized carbons (Fsp3) is 0.471. The average molecular weight is 358 g/mol. The molecule has 1 aromatic carbocycles. The van der Waals surface area contributed by atoms with E-state index >= 15 is 0 Å². The molecule has 2 aromatic rings. The van der Waals surface area contributed by atoms with Crippen LogP contribution < -0.4 is 5.32 Å². The van der Waals surface area contributed by atoms with Crippen molar-refractivity contribution in [1.29, 1.82) is 0 Å². The number of hydrogen-bond donors (Lipinski definition) is 1. The van der Waals surface area contributed by atoms with Crippen LogP contribution in [0.4, 0.5) is 5.69 Å². The molecule has 9 nitrogen and oxygen atoms in total. The molecule has 1 atom stereocenters. The monoisotopic (exact) mass is 358 g/mol. The van der Waals surface area contributed by atoms with Crippen molar-refractivity contribution in [2.75, 3.05) is 19.6 Å². The zero-order valence-electron chi connectivity index (χ0n) is 14.9. The number of rotatable bonds is 6. The lowest BCUT2D eigenvalue weighted by Crippen LogP contribution is -2.42. The standard InChI is InChI=1S/C17H22N6O3/c1-3-9-21(15-7-8-18-11-15)17(24)16-12(2)22(20-19-16)13-5-4-6-14(10-13)23(25)26/h4-6,10,15,18H,3,7-9,11H2,1-2H3. The van der Waals surface area contributed by atoms with Crippen molar-refractivity contribution in [3.63, 3.8) is 0 Å². The van der Waals surface area contributed by atoms with Gasteiger partial charge in [0.2, 0.25) is 0 Å². The first kappa shape index (κ1) is 18.0. The summed E-state index contributed by atoms with van der Waals surface area (Å²) in [6.45, 7) is 6.13. The van der Waals surface area contributed by atoms with Crippen LogP contribution in [0.1, 0.15) is 35.9 Å². The van der Waals surface area contributed by atoms with Crippen molar-refractivity contribution in [3.8, 4) is 5.69 Å². The number of nitrogens with zero attached hydrogens (tertiary/aromatic N) is 5. The van der Waals surface area contributed by atoms with Gasteiger partial charge in [0.25, 0.3) is 11.6 Å². The summed E-state index contributed by atoms with van der Waals surface area (Å²) in [5, 5.41) is 22.4. The maximum absolute atomic E-state index is 13.0. The predicted octanol–water partition coefficient (Wildman–Crippen LogP) is 1.70. The van der Waals surface area contributed by atoms with E-state index in [2.05, 4.69) is 15.6 Å². The average Bonchev–Trinajstić information content (AvgIpc) is 3.29. The van der Waals surface area contributed by atoms with Crippen LogP contribution in [0.15, 0.2) is 24.3 Å². The quantitative estimate of drug-likeness (QED) is 0.622. The Hall–Kier alpha value is -2.81. The first-order valence-electron chi connectivity index (χ1n) is 8.71. The summed E-state index contributed by atoms with van der Waals surface area (Å²) in [4.78, 5) is 25.4. The van der Waals surface area contributed by atoms with E-state index in [-0.39, 0.29) is 23.3 Å². The van der Waals surface area contributed by atoms with Crippen molar-refractivity contribution in [3.05, 3.63) is 45.8 Å². The summed E-state index contributed by atoms with van der Waals surface area (Å²) >= 11 is 0. The number of aromatic nitrogens is 3. The second-order valence-corrected chi connectivity index (χ2v) is 6.36. The van der Waals surface area contributed by atoms with E-state index in [1.165, 1.54) is 16.8 Å². The first-order chi connectivity index (χ1) is 12.5. The number of carbonyl (C=O) groups excluding carboxylic acids is 1. The minimum atomic E-state index is -0.460. The van der Waals surface area contributed by atoms with Gasteiger partial charge in [-0.05, 0) is 32.4 Å². The molecule has 0 bridgehead atoms. The Morgan fingerprint density at radius 2 is 2.31 bits per heavy atom. The van der Waals surface area contributed by atoms with Crippen LogP contribution in [-0.4, -0.2) is 56.4 Å². The van der Waals surface area contributed by atoms with Gasteiger partial charge >= 0.3 is 0 Å². The third-order valence-electron chi connectivity index (χ3n) is 4.58. The Balaban J connectivity index is 1.91. The second kappa shape index (κ2) is 7.61. The Bertz CT molecular complexity index is 813. The van der Waals surface area contributed by atoms with E-state index < -0.39 is 4.92 Å². The van der Waals surface area contributed by atoms with Crippen LogP contribution in [0.3, 0.4) is 0 Å². The normalized spacial score (nSPS) is 16.6. The molecule has 0 radical (unpaired) electrons. The molecule has 1 amide bonds. The van der Waals surface area contributed by atoms with Gasteiger partial charge in [-0.25, -0.2) is 4.68 Å². The third kappa shape index (κ3) is 3.43. The largest absolute Gasteiger partial charge is 0.333 e. The van der Waals surface area contributed by atoms with Gasteiger partial charge in [-0.15, -0.1) is 5.10 Å². The highest BCUT2D eigenvalue weighted by Crippen LogP contribution is 2.20. The molecule has 1 saturated heterocycles. The predicted molar refractivity (Wildman–Crippen MR) is 95.4 cm³/mol. The minimum Gasteiger partial charge on any atom is -0.333 e. The molecule has 1 aromatic heterocycles. The summed E-state index contributed by atoms with van der Waals surface area (Å²) in [5.74, 6) is -0.144. The molecule has 0 aliphatic carbocycles. The van der Waals surface area contributed by atoms with Gasteiger partial charge in [-0.3, -0.25) is 14.9 Å². The first-order valence-corrected chi connectivity index (χ1v) is 8.71. The molecule has 1 unspecified atom stereocenters. The highest BCUT2D eigenvalue weighted by Gasteiger charge is 2.30. The van der Waals surface area contributed by atoms with E-state index in [1.54, 1.807) is 19.1 Å². The van der Waals surface area contributed by atoms with Crippen LogP contribution in [-0.2, 0) is 0 Å².